The molecule has 0 aliphatic carbocycles. The summed E-state index contributed by atoms with van der Waals surface area (Å²) in [7, 11) is 0. The van der Waals surface area contributed by atoms with Crippen LogP contribution in [0.4, 0.5) is 0 Å². The number of hydrogen-bond donors (Lipinski definition) is 1. The fraction of sp³-hybridized carbons (Fsp3) is 0.923. The quantitative estimate of drug-likeness (QED) is 0.539. The first-order valence-corrected chi connectivity index (χ1v) is 6.31. The number of unbranched alkanes of at least 4 members (excludes halogenated alkanes) is 4. The van der Waals surface area contributed by atoms with Crippen molar-refractivity contribution in [2.75, 3.05) is 6.61 Å². The lowest BCUT2D eigenvalue weighted by Gasteiger charge is -2.24. The summed E-state index contributed by atoms with van der Waals surface area (Å²) >= 11 is 0. The van der Waals surface area contributed by atoms with Crippen LogP contribution in [0.3, 0.4) is 0 Å². The Balaban J connectivity index is 3.58. The lowest BCUT2D eigenvalue weighted by molar-refractivity contribution is -0.147. The number of carbonyl (C=O) groups excluding carboxylic acids is 1. The van der Waals surface area contributed by atoms with Gasteiger partial charge >= 0.3 is 5.97 Å². The molecule has 3 nitrogen and oxygen atoms in total. The average molecular weight is 229 g/mol. The molecule has 0 rings (SSSR count). The molecule has 0 amide bonds. The zero-order valence-electron chi connectivity index (χ0n) is 11.2. The van der Waals surface area contributed by atoms with E-state index in [4.69, 9.17) is 10.5 Å². The van der Waals surface area contributed by atoms with E-state index in [1.807, 2.05) is 20.8 Å². The molecule has 0 spiro atoms. The molecular formula is C13H27NO2. The summed E-state index contributed by atoms with van der Waals surface area (Å²) in [5.41, 5.74) is 5.56. The van der Waals surface area contributed by atoms with Crippen molar-refractivity contribution in [1.82, 2.24) is 0 Å². The Kier molecular flexibility index (Phi) is 7.39. The van der Waals surface area contributed by atoms with Crippen LogP contribution in [-0.4, -0.2) is 18.6 Å². The van der Waals surface area contributed by atoms with Crippen molar-refractivity contribution >= 4 is 5.97 Å². The number of hydrogen-bond acceptors (Lipinski definition) is 3. The Hall–Kier alpha value is -0.570. The van der Waals surface area contributed by atoms with E-state index in [9.17, 15) is 4.79 Å². The second-order valence-electron chi connectivity index (χ2n) is 5.43. The van der Waals surface area contributed by atoms with Crippen molar-refractivity contribution in [3.8, 4) is 0 Å². The number of nitrogens with two attached hydrogens (primary N) is 1. The molecule has 0 fully saturated rings. The molecule has 0 aromatic rings. The third-order valence-electron chi connectivity index (χ3n) is 2.68. The second-order valence-corrected chi connectivity index (χ2v) is 5.43. The van der Waals surface area contributed by atoms with E-state index in [2.05, 4.69) is 6.92 Å². The first-order valence-electron chi connectivity index (χ1n) is 6.31. The third-order valence-corrected chi connectivity index (χ3v) is 2.68. The lowest BCUT2D eigenvalue weighted by atomic mass is 9.87. The largest absolute Gasteiger partial charge is 0.465 e. The number of esters is 1. The van der Waals surface area contributed by atoms with Crippen LogP contribution in [0.1, 0.15) is 59.8 Å². The molecule has 1 atom stereocenters. The van der Waals surface area contributed by atoms with Crippen molar-refractivity contribution in [3.63, 3.8) is 0 Å². The zero-order valence-corrected chi connectivity index (χ0v) is 11.2. The molecule has 0 aliphatic rings. The fourth-order valence-electron chi connectivity index (χ4n) is 1.32. The van der Waals surface area contributed by atoms with Crippen molar-refractivity contribution in [2.24, 2.45) is 11.1 Å². The zero-order chi connectivity index (χ0) is 12.6. The molecule has 0 aromatic carbocycles. The number of ether oxygens (including phenoxy) is 1. The summed E-state index contributed by atoms with van der Waals surface area (Å²) in [5, 5.41) is 0. The normalized spacial score (nSPS) is 13.6. The van der Waals surface area contributed by atoms with Crippen LogP contribution in [-0.2, 0) is 9.53 Å². The van der Waals surface area contributed by atoms with Crippen molar-refractivity contribution in [2.45, 2.75) is 65.8 Å². The van der Waals surface area contributed by atoms with E-state index < -0.39 is 6.04 Å². The Bertz CT molecular complexity index is 197. The Morgan fingerprint density at radius 1 is 1.19 bits per heavy atom. The highest BCUT2D eigenvalue weighted by atomic mass is 16.5. The summed E-state index contributed by atoms with van der Waals surface area (Å²) in [4.78, 5) is 11.5. The van der Waals surface area contributed by atoms with Crippen LogP contribution in [0.5, 0.6) is 0 Å². The number of carbonyl (C=O) groups is 1. The molecule has 3 heteroatoms. The molecule has 96 valence electrons. The smallest absolute Gasteiger partial charge is 0.323 e. The Morgan fingerprint density at radius 2 is 1.75 bits per heavy atom. The van der Waals surface area contributed by atoms with Crippen LogP contribution < -0.4 is 5.73 Å². The summed E-state index contributed by atoms with van der Waals surface area (Å²) in [6.07, 6.45) is 5.79. The van der Waals surface area contributed by atoms with Gasteiger partial charge in [0.25, 0.3) is 0 Å². The average Bonchev–Trinajstić information content (AvgIpc) is 2.20. The van der Waals surface area contributed by atoms with E-state index in [-0.39, 0.29) is 11.4 Å². The number of rotatable bonds is 7. The summed E-state index contributed by atoms with van der Waals surface area (Å²) < 4.78 is 5.15. The predicted octanol–water partition coefficient (Wildman–Crippen LogP) is 2.87. The second kappa shape index (κ2) is 7.66. The summed E-state index contributed by atoms with van der Waals surface area (Å²) in [6.45, 7) is 8.52. The lowest BCUT2D eigenvalue weighted by Crippen LogP contribution is -2.43. The molecule has 0 radical (unpaired) electrons. The molecule has 0 saturated carbocycles. The van der Waals surface area contributed by atoms with E-state index in [1.165, 1.54) is 19.3 Å². The van der Waals surface area contributed by atoms with Crippen molar-refractivity contribution in [3.05, 3.63) is 0 Å². The first-order chi connectivity index (χ1) is 7.39. The van der Waals surface area contributed by atoms with Gasteiger partial charge in [-0.2, -0.15) is 0 Å². The van der Waals surface area contributed by atoms with Gasteiger partial charge in [0.15, 0.2) is 0 Å². The Morgan fingerprint density at radius 3 is 2.25 bits per heavy atom. The van der Waals surface area contributed by atoms with Gasteiger partial charge in [-0.3, -0.25) is 4.79 Å². The van der Waals surface area contributed by atoms with Gasteiger partial charge in [0, 0.05) is 0 Å². The minimum absolute atomic E-state index is 0.223. The van der Waals surface area contributed by atoms with Crippen molar-refractivity contribution in [1.29, 1.82) is 0 Å². The minimum Gasteiger partial charge on any atom is -0.465 e. The van der Waals surface area contributed by atoms with Crippen LogP contribution >= 0.6 is 0 Å². The van der Waals surface area contributed by atoms with E-state index in [0.717, 1.165) is 12.8 Å². The Labute approximate surface area is 99.7 Å². The molecule has 0 bridgehead atoms. The third kappa shape index (κ3) is 6.83. The molecule has 16 heavy (non-hydrogen) atoms. The van der Waals surface area contributed by atoms with Crippen LogP contribution in [0.2, 0.25) is 0 Å². The van der Waals surface area contributed by atoms with Crippen LogP contribution in [0, 0.1) is 5.41 Å². The highest BCUT2D eigenvalue weighted by molar-refractivity contribution is 5.76. The van der Waals surface area contributed by atoms with Gasteiger partial charge in [-0.25, -0.2) is 0 Å². The van der Waals surface area contributed by atoms with Gasteiger partial charge in [-0.05, 0) is 11.8 Å². The maximum absolute atomic E-state index is 11.5. The van der Waals surface area contributed by atoms with Crippen LogP contribution in [0.15, 0.2) is 0 Å². The van der Waals surface area contributed by atoms with Gasteiger partial charge in [-0.15, -0.1) is 0 Å². The fourth-order valence-corrected chi connectivity index (χ4v) is 1.32. The predicted molar refractivity (Wildman–Crippen MR) is 67.1 cm³/mol. The minimum atomic E-state index is -0.525. The molecule has 2 N–H and O–H groups in total. The molecule has 0 unspecified atom stereocenters. The van der Waals surface area contributed by atoms with Gasteiger partial charge in [0.2, 0.25) is 0 Å². The molecule has 0 saturated heterocycles. The topological polar surface area (TPSA) is 52.3 Å². The molecule has 0 aromatic heterocycles. The van der Waals surface area contributed by atoms with Gasteiger partial charge in [0.1, 0.15) is 6.04 Å². The summed E-state index contributed by atoms with van der Waals surface area (Å²) in [6, 6.07) is -0.525. The standard InChI is InChI=1S/C13H27NO2/c1-5-6-7-8-9-10-16-12(15)11(14)13(2,3)4/h11H,5-10,14H2,1-4H3/t11-/m0/s1. The van der Waals surface area contributed by atoms with Gasteiger partial charge < -0.3 is 10.5 Å². The van der Waals surface area contributed by atoms with E-state index >= 15 is 0 Å². The van der Waals surface area contributed by atoms with Crippen molar-refractivity contribution < 1.29 is 9.53 Å². The molecule has 0 heterocycles. The first kappa shape index (κ1) is 15.4. The maximum atomic E-state index is 11.5. The summed E-state index contributed by atoms with van der Waals surface area (Å²) in [5.74, 6) is -0.275. The van der Waals surface area contributed by atoms with Gasteiger partial charge in [-0.1, -0.05) is 53.4 Å². The van der Waals surface area contributed by atoms with E-state index in [1.54, 1.807) is 0 Å². The SMILES string of the molecule is CCCCCCCOC(=O)[C@H](N)C(C)(C)C. The van der Waals surface area contributed by atoms with E-state index in [0.29, 0.717) is 6.61 Å². The molecule has 0 aliphatic heterocycles. The monoisotopic (exact) mass is 229 g/mol. The maximum Gasteiger partial charge on any atom is 0.323 e. The molecular weight excluding hydrogens is 202 g/mol. The highest BCUT2D eigenvalue weighted by Gasteiger charge is 2.28. The highest BCUT2D eigenvalue weighted by Crippen LogP contribution is 2.18. The van der Waals surface area contributed by atoms with Crippen LogP contribution in [0.25, 0.3) is 0 Å². The van der Waals surface area contributed by atoms with Gasteiger partial charge in [0.05, 0.1) is 6.61 Å².